The summed E-state index contributed by atoms with van der Waals surface area (Å²) in [4.78, 5) is 0. The van der Waals surface area contributed by atoms with Crippen molar-refractivity contribution >= 4 is 12.2 Å². The van der Waals surface area contributed by atoms with Crippen LogP contribution in [0.15, 0.2) is 0 Å². The third-order valence-electron chi connectivity index (χ3n) is 2.48. The molecule has 1 heterocycles. The molecule has 0 bridgehead atoms. The number of hydrogen-bond donors (Lipinski definition) is 0. The molecule has 1 radical (unpaired) electrons. The maximum atomic E-state index is 11.4. The fourth-order valence-corrected chi connectivity index (χ4v) is 1.46. The molecule has 0 saturated heterocycles. The summed E-state index contributed by atoms with van der Waals surface area (Å²) in [6.07, 6.45) is 0. The summed E-state index contributed by atoms with van der Waals surface area (Å²) in [5, 5.41) is 11.4. The van der Waals surface area contributed by atoms with Crippen molar-refractivity contribution in [3.8, 4) is 0 Å². The summed E-state index contributed by atoms with van der Waals surface area (Å²) in [5.74, 6) is 0. The Morgan fingerprint density at radius 3 is 1.92 bits per heavy atom. The summed E-state index contributed by atoms with van der Waals surface area (Å²) >= 11 is 4.98. The van der Waals surface area contributed by atoms with Gasteiger partial charge in [0, 0.05) is 22.8 Å². The van der Waals surface area contributed by atoms with Gasteiger partial charge in [-0.1, -0.05) is 12.2 Å². The van der Waals surface area contributed by atoms with E-state index in [-0.39, 0.29) is 17.1 Å². The third kappa shape index (κ3) is 1.96. The molecule has 1 rings (SSSR count). The van der Waals surface area contributed by atoms with Gasteiger partial charge in [-0.2, -0.15) is 0 Å². The normalized spacial score (nSPS) is 9.54. The van der Waals surface area contributed by atoms with Crippen LogP contribution in [0.25, 0.3) is 0 Å². The Morgan fingerprint density at radius 2 is 1.46 bits per heavy atom. The summed E-state index contributed by atoms with van der Waals surface area (Å²) in [6.45, 7) is 7.62. The monoisotopic (exact) mass is 237 g/mol. The second-order valence-corrected chi connectivity index (χ2v) is 3.45. The van der Waals surface area contributed by atoms with Gasteiger partial charge in [0.1, 0.15) is 4.64 Å². The van der Waals surface area contributed by atoms with E-state index in [1.54, 1.807) is 6.92 Å². The van der Waals surface area contributed by atoms with Gasteiger partial charge in [-0.25, -0.2) is 0 Å². The molecule has 2 nitrogen and oxygen atoms in total. The second kappa shape index (κ2) is 4.27. The summed E-state index contributed by atoms with van der Waals surface area (Å²) < 4.78 is 1.23. The van der Waals surface area contributed by atoms with Crippen molar-refractivity contribution in [2.75, 3.05) is 0 Å². The Kier molecular flexibility index (Phi) is 4.17. The van der Waals surface area contributed by atoms with E-state index in [1.807, 2.05) is 20.8 Å². The minimum absolute atomic E-state index is 0. The Labute approximate surface area is 94.0 Å². The van der Waals surface area contributed by atoms with Gasteiger partial charge < -0.3 is 9.94 Å². The van der Waals surface area contributed by atoms with Crippen LogP contribution in [0.4, 0.5) is 0 Å². The van der Waals surface area contributed by atoms with E-state index >= 15 is 0 Å². The maximum absolute atomic E-state index is 11.4. The van der Waals surface area contributed by atoms with E-state index in [0.29, 0.717) is 10.3 Å². The summed E-state index contributed by atoms with van der Waals surface area (Å²) in [6, 6.07) is 0. The molecule has 0 atom stereocenters. The van der Waals surface area contributed by atoms with Crippen molar-refractivity contribution in [3.05, 3.63) is 32.2 Å². The first-order valence-corrected chi connectivity index (χ1v) is 4.24. The van der Waals surface area contributed by atoms with Gasteiger partial charge >= 0.3 is 0 Å². The molecule has 0 saturated carbocycles. The SMILES string of the molecule is Cc1c(C)c(C)n([O-])c(=S)c1C.[Mn]. The van der Waals surface area contributed by atoms with Gasteiger partial charge in [0.25, 0.3) is 0 Å². The number of aromatic nitrogens is 1. The van der Waals surface area contributed by atoms with Crippen LogP contribution in [-0.4, -0.2) is 4.73 Å². The molecule has 73 valence electrons. The molecule has 4 heteroatoms. The average molecular weight is 237 g/mol. The topological polar surface area (TPSA) is 28.0 Å². The van der Waals surface area contributed by atoms with Crippen LogP contribution in [0.3, 0.4) is 0 Å². The zero-order valence-corrected chi connectivity index (χ0v) is 10.1. The molecule has 0 unspecified atom stereocenters. The number of pyridine rings is 1. The van der Waals surface area contributed by atoms with Gasteiger partial charge in [0.05, 0.1) is 0 Å². The molecule has 0 aliphatic carbocycles. The Morgan fingerprint density at radius 1 is 1.00 bits per heavy atom. The predicted molar refractivity (Wildman–Crippen MR) is 53.0 cm³/mol. The van der Waals surface area contributed by atoms with Crippen LogP contribution in [0, 0.1) is 37.5 Å². The van der Waals surface area contributed by atoms with E-state index in [0.717, 1.165) is 21.4 Å². The molecule has 1 aromatic rings. The van der Waals surface area contributed by atoms with E-state index in [2.05, 4.69) is 0 Å². The Bertz CT molecular complexity index is 352. The van der Waals surface area contributed by atoms with Crippen molar-refractivity contribution in [3.63, 3.8) is 0 Å². The van der Waals surface area contributed by atoms with E-state index in [1.165, 1.54) is 0 Å². The summed E-state index contributed by atoms with van der Waals surface area (Å²) in [5.41, 5.74) is 3.80. The van der Waals surface area contributed by atoms with Crippen LogP contribution in [0.1, 0.15) is 22.4 Å². The van der Waals surface area contributed by atoms with Crippen molar-refractivity contribution in [2.24, 2.45) is 0 Å². The molecule has 0 fully saturated rings. The van der Waals surface area contributed by atoms with Crippen molar-refractivity contribution in [1.29, 1.82) is 0 Å². The zero-order valence-electron chi connectivity index (χ0n) is 8.14. The predicted octanol–water partition coefficient (Wildman–Crippen LogP) is 2.79. The maximum Gasteiger partial charge on any atom is 0.104 e. The number of nitrogens with zero attached hydrogens (tertiary/aromatic N) is 1. The second-order valence-electron chi connectivity index (χ2n) is 3.06. The van der Waals surface area contributed by atoms with E-state index in [4.69, 9.17) is 12.2 Å². The molecular formula is C9H12MnNOS-. The van der Waals surface area contributed by atoms with Gasteiger partial charge in [0.2, 0.25) is 0 Å². The van der Waals surface area contributed by atoms with Gasteiger partial charge in [-0.05, 0) is 44.4 Å². The van der Waals surface area contributed by atoms with Crippen LogP contribution in [-0.2, 0) is 17.1 Å². The first kappa shape index (κ1) is 12.7. The fraction of sp³-hybridized carbons (Fsp3) is 0.444. The third-order valence-corrected chi connectivity index (χ3v) is 2.95. The minimum atomic E-state index is 0. The molecular weight excluding hydrogens is 225 g/mol. The first-order valence-electron chi connectivity index (χ1n) is 3.83. The number of hydrogen-bond acceptors (Lipinski definition) is 2. The molecule has 0 aliphatic rings. The smallest absolute Gasteiger partial charge is 0.104 e. The van der Waals surface area contributed by atoms with Crippen LogP contribution in [0.2, 0.25) is 0 Å². The van der Waals surface area contributed by atoms with Crippen molar-refractivity contribution < 1.29 is 17.1 Å². The minimum Gasteiger partial charge on any atom is -0.805 e. The van der Waals surface area contributed by atoms with E-state index in [9.17, 15) is 5.21 Å². The molecule has 1 aromatic heterocycles. The van der Waals surface area contributed by atoms with Crippen molar-refractivity contribution in [1.82, 2.24) is 4.73 Å². The van der Waals surface area contributed by atoms with Crippen LogP contribution >= 0.6 is 12.2 Å². The quantitative estimate of drug-likeness (QED) is 0.512. The Hall–Kier alpha value is -0.311. The van der Waals surface area contributed by atoms with E-state index < -0.39 is 0 Å². The molecule has 0 aromatic carbocycles. The van der Waals surface area contributed by atoms with Crippen LogP contribution in [0.5, 0.6) is 0 Å². The van der Waals surface area contributed by atoms with Crippen LogP contribution < -0.4 is 0 Å². The molecule has 0 amide bonds. The summed E-state index contributed by atoms with van der Waals surface area (Å²) in [7, 11) is 0. The first-order chi connectivity index (χ1) is 5.46. The van der Waals surface area contributed by atoms with Gasteiger partial charge in [-0.15, -0.1) is 0 Å². The standard InChI is InChI=1S/C9H12NOS.Mn/c1-5-6(2)8(4)10(11)9(12)7(5)3;/h1-4H3;/q-1;. The largest absolute Gasteiger partial charge is 0.805 e. The number of rotatable bonds is 0. The Balaban J connectivity index is 0.00000144. The van der Waals surface area contributed by atoms with Gasteiger partial charge in [0.15, 0.2) is 0 Å². The van der Waals surface area contributed by atoms with Gasteiger partial charge in [-0.3, -0.25) is 0 Å². The van der Waals surface area contributed by atoms with Crippen molar-refractivity contribution in [2.45, 2.75) is 27.7 Å². The average Bonchev–Trinajstić information content (AvgIpc) is 2.08. The molecule has 0 N–H and O–H groups in total. The molecule has 13 heavy (non-hydrogen) atoms. The molecule has 0 spiro atoms. The zero-order chi connectivity index (χ0) is 9.46. The molecule has 0 aliphatic heterocycles. The fourth-order valence-electron chi connectivity index (χ4n) is 1.17.